The van der Waals surface area contributed by atoms with E-state index in [2.05, 4.69) is 5.32 Å². The Balaban J connectivity index is 1.63. The van der Waals surface area contributed by atoms with Crippen LogP contribution in [0.2, 0.25) is 0 Å². The van der Waals surface area contributed by atoms with Gasteiger partial charge in [-0.15, -0.1) is 0 Å². The minimum Gasteiger partial charge on any atom is -0.478 e. The van der Waals surface area contributed by atoms with E-state index in [0.29, 0.717) is 13.1 Å². The highest BCUT2D eigenvalue weighted by Crippen LogP contribution is 2.24. The molecule has 1 saturated heterocycles. The number of aromatic carboxylic acids is 1. The summed E-state index contributed by atoms with van der Waals surface area (Å²) in [7, 11) is 0. The molecule has 0 aromatic heterocycles. The fourth-order valence-corrected chi connectivity index (χ4v) is 3.86. The highest BCUT2D eigenvalue weighted by Gasteiger charge is 2.26. The van der Waals surface area contributed by atoms with Crippen molar-refractivity contribution in [1.29, 1.82) is 0 Å². The number of fused-ring (bicyclic) bond motifs is 1. The number of nitrogens with one attached hydrogen (secondary N) is 1. The van der Waals surface area contributed by atoms with Crippen molar-refractivity contribution in [1.82, 2.24) is 10.2 Å². The molecule has 2 amide bonds. The molecule has 21 heavy (non-hydrogen) atoms. The van der Waals surface area contributed by atoms with E-state index in [-0.39, 0.29) is 17.6 Å². The van der Waals surface area contributed by atoms with Crippen LogP contribution in [0.25, 0.3) is 0 Å². The molecule has 6 heteroatoms. The largest absolute Gasteiger partial charge is 0.478 e. The van der Waals surface area contributed by atoms with E-state index in [1.807, 2.05) is 17.8 Å². The van der Waals surface area contributed by atoms with E-state index in [1.165, 1.54) is 5.75 Å². The number of carboxylic acids is 1. The summed E-state index contributed by atoms with van der Waals surface area (Å²) in [5.41, 5.74) is 2.25. The first-order chi connectivity index (χ1) is 10.1. The van der Waals surface area contributed by atoms with Gasteiger partial charge in [0.05, 0.1) is 5.56 Å². The summed E-state index contributed by atoms with van der Waals surface area (Å²) < 4.78 is 0. The number of hydrogen-bond acceptors (Lipinski definition) is 3. The number of carbonyl (C=O) groups excluding carboxylic acids is 1. The molecule has 0 spiro atoms. The molecule has 0 bridgehead atoms. The lowest BCUT2D eigenvalue weighted by Crippen LogP contribution is -2.44. The van der Waals surface area contributed by atoms with Crippen molar-refractivity contribution >= 4 is 23.8 Å². The SMILES string of the molecule is O=C(O)c1ccc2c(c1)CN(C(=O)NC1CCCSC1)C2. The quantitative estimate of drug-likeness (QED) is 0.879. The third-order valence-electron chi connectivity index (χ3n) is 3.95. The number of urea groups is 1. The zero-order chi connectivity index (χ0) is 14.8. The summed E-state index contributed by atoms with van der Waals surface area (Å²) >= 11 is 1.88. The summed E-state index contributed by atoms with van der Waals surface area (Å²) in [4.78, 5) is 25.0. The fraction of sp³-hybridized carbons (Fsp3) is 0.467. The molecule has 112 valence electrons. The van der Waals surface area contributed by atoms with Gasteiger partial charge in [-0.3, -0.25) is 0 Å². The highest BCUT2D eigenvalue weighted by atomic mass is 32.2. The van der Waals surface area contributed by atoms with Crippen molar-refractivity contribution in [2.45, 2.75) is 32.0 Å². The normalized spacial score (nSPS) is 21.0. The predicted molar refractivity (Wildman–Crippen MR) is 81.5 cm³/mol. The van der Waals surface area contributed by atoms with Crippen molar-refractivity contribution in [3.05, 3.63) is 34.9 Å². The number of carboxylic acid groups (broad SMARTS) is 1. The van der Waals surface area contributed by atoms with Gasteiger partial charge in [0.25, 0.3) is 0 Å². The average molecular weight is 306 g/mol. The topological polar surface area (TPSA) is 69.6 Å². The van der Waals surface area contributed by atoms with Crippen LogP contribution < -0.4 is 5.32 Å². The van der Waals surface area contributed by atoms with Gasteiger partial charge >= 0.3 is 12.0 Å². The Bertz CT molecular complexity index is 570. The number of rotatable bonds is 2. The van der Waals surface area contributed by atoms with Crippen LogP contribution in [0.1, 0.15) is 34.3 Å². The fourth-order valence-electron chi connectivity index (χ4n) is 2.79. The van der Waals surface area contributed by atoms with E-state index in [9.17, 15) is 9.59 Å². The molecule has 0 saturated carbocycles. The third kappa shape index (κ3) is 3.15. The smallest absolute Gasteiger partial charge is 0.335 e. The lowest BCUT2D eigenvalue weighted by molar-refractivity contribution is 0.0696. The molecule has 2 N–H and O–H groups in total. The summed E-state index contributed by atoms with van der Waals surface area (Å²) in [5, 5.41) is 12.1. The second kappa shape index (κ2) is 5.97. The number of carbonyl (C=O) groups is 2. The maximum absolute atomic E-state index is 12.3. The van der Waals surface area contributed by atoms with E-state index >= 15 is 0 Å². The Labute approximate surface area is 127 Å². The molecule has 1 atom stereocenters. The number of hydrogen-bond donors (Lipinski definition) is 2. The predicted octanol–water partition coefficient (Wildman–Crippen LogP) is 2.31. The number of benzene rings is 1. The van der Waals surface area contributed by atoms with E-state index < -0.39 is 5.97 Å². The molecule has 1 aromatic rings. The summed E-state index contributed by atoms with van der Waals surface area (Å²) in [6, 6.07) is 5.29. The molecule has 3 rings (SSSR count). The monoisotopic (exact) mass is 306 g/mol. The molecule has 1 aromatic carbocycles. The highest BCUT2D eigenvalue weighted by molar-refractivity contribution is 7.99. The van der Waals surface area contributed by atoms with Crippen LogP contribution in [0.4, 0.5) is 4.79 Å². The van der Waals surface area contributed by atoms with Crippen molar-refractivity contribution in [2.24, 2.45) is 0 Å². The average Bonchev–Trinajstić information content (AvgIpc) is 2.91. The van der Waals surface area contributed by atoms with E-state index in [0.717, 1.165) is 29.7 Å². The second-order valence-corrected chi connectivity index (χ2v) is 6.66. The van der Waals surface area contributed by atoms with Crippen LogP contribution in [-0.4, -0.2) is 39.6 Å². The van der Waals surface area contributed by atoms with E-state index in [4.69, 9.17) is 5.11 Å². The van der Waals surface area contributed by atoms with Crippen LogP contribution >= 0.6 is 11.8 Å². The molecule has 1 fully saturated rings. The third-order valence-corrected chi connectivity index (χ3v) is 5.17. The Morgan fingerprint density at radius 1 is 1.29 bits per heavy atom. The number of amides is 2. The maximum atomic E-state index is 12.3. The lowest BCUT2D eigenvalue weighted by Gasteiger charge is -2.25. The minimum atomic E-state index is -0.931. The number of nitrogens with zero attached hydrogens (tertiary/aromatic N) is 1. The van der Waals surface area contributed by atoms with Gasteiger partial charge in [0.1, 0.15) is 0 Å². The minimum absolute atomic E-state index is 0.0458. The van der Waals surface area contributed by atoms with Crippen LogP contribution in [-0.2, 0) is 13.1 Å². The molecule has 2 heterocycles. The van der Waals surface area contributed by atoms with Gasteiger partial charge in [-0.1, -0.05) is 6.07 Å². The van der Waals surface area contributed by atoms with Gasteiger partial charge in [-0.05, 0) is 41.9 Å². The molecule has 5 nitrogen and oxygen atoms in total. The van der Waals surface area contributed by atoms with Gasteiger partial charge in [0.2, 0.25) is 0 Å². The Morgan fingerprint density at radius 2 is 2.10 bits per heavy atom. The Morgan fingerprint density at radius 3 is 2.81 bits per heavy atom. The zero-order valence-electron chi connectivity index (χ0n) is 11.7. The van der Waals surface area contributed by atoms with Crippen LogP contribution in [0.15, 0.2) is 18.2 Å². The molecule has 2 aliphatic rings. The van der Waals surface area contributed by atoms with Crippen molar-refractivity contribution < 1.29 is 14.7 Å². The first-order valence-electron chi connectivity index (χ1n) is 7.12. The summed E-state index contributed by atoms with van der Waals surface area (Å²) in [6.07, 6.45) is 2.19. The van der Waals surface area contributed by atoms with Crippen LogP contribution in [0.3, 0.4) is 0 Å². The van der Waals surface area contributed by atoms with Crippen molar-refractivity contribution in [3.8, 4) is 0 Å². The summed E-state index contributed by atoms with van der Waals surface area (Å²) in [6.45, 7) is 1.04. The first kappa shape index (κ1) is 14.3. The number of thioether (sulfide) groups is 1. The van der Waals surface area contributed by atoms with Crippen LogP contribution in [0, 0.1) is 0 Å². The molecular weight excluding hydrogens is 288 g/mol. The molecular formula is C15H18N2O3S. The molecule has 0 radical (unpaired) electrons. The van der Waals surface area contributed by atoms with Crippen molar-refractivity contribution in [3.63, 3.8) is 0 Å². The lowest BCUT2D eigenvalue weighted by atomic mass is 10.1. The summed E-state index contributed by atoms with van der Waals surface area (Å²) in [5.74, 6) is 1.23. The van der Waals surface area contributed by atoms with Gasteiger partial charge in [0, 0.05) is 24.9 Å². The Hall–Kier alpha value is -1.69. The molecule has 0 aliphatic carbocycles. The van der Waals surface area contributed by atoms with Gasteiger partial charge in [-0.2, -0.15) is 11.8 Å². The molecule has 1 unspecified atom stereocenters. The van der Waals surface area contributed by atoms with Gasteiger partial charge in [0.15, 0.2) is 0 Å². The maximum Gasteiger partial charge on any atom is 0.335 e. The zero-order valence-corrected chi connectivity index (χ0v) is 12.5. The Kier molecular flexibility index (Phi) is 4.05. The van der Waals surface area contributed by atoms with Crippen molar-refractivity contribution in [2.75, 3.05) is 11.5 Å². The van der Waals surface area contributed by atoms with E-state index in [1.54, 1.807) is 17.0 Å². The van der Waals surface area contributed by atoms with Gasteiger partial charge in [-0.25, -0.2) is 9.59 Å². The van der Waals surface area contributed by atoms with Gasteiger partial charge < -0.3 is 15.3 Å². The molecule has 2 aliphatic heterocycles. The second-order valence-electron chi connectivity index (χ2n) is 5.51. The van der Waals surface area contributed by atoms with Crippen LogP contribution in [0.5, 0.6) is 0 Å². The first-order valence-corrected chi connectivity index (χ1v) is 8.27. The standard InChI is InChI=1S/C15H18N2O3S/c18-14(19)10-3-4-11-7-17(8-12(11)6-10)15(20)16-13-2-1-5-21-9-13/h3-4,6,13H,1-2,5,7-9H2,(H,16,20)(H,18,19).